The van der Waals surface area contributed by atoms with E-state index in [1.165, 1.54) is 18.3 Å². The molecule has 1 saturated heterocycles. The van der Waals surface area contributed by atoms with E-state index in [9.17, 15) is 18.0 Å². The van der Waals surface area contributed by atoms with Crippen LogP contribution < -0.4 is 5.32 Å². The quantitative estimate of drug-likeness (QED) is 0.906. The van der Waals surface area contributed by atoms with Crippen molar-refractivity contribution in [3.05, 3.63) is 24.0 Å². The number of halogens is 3. The lowest BCUT2D eigenvalue weighted by Gasteiger charge is -2.35. The number of nitrogens with one attached hydrogen (secondary N) is 1. The van der Waals surface area contributed by atoms with Gasteiger partial charge < -0.3 is 14.8 Å². The van der Waals surface area contributed by atoms with Crippen molar-refractivity contribution < 1.29 is 27.4 Å². The molecule has 1 aromatic heterocycles. The fourth-order valence-electron chi connectivity index (χ4n) is 3.16. The Balaban J connectivity index is 1.72. The van der Waals surface area contributed by atoms with Crippen molar-refractivity contribution in [1.29, 1.82) is 0 Å². The van der Waals surface area contributed by atoms with Crippen molar-refractivity contribution in [2.24, 2.45) is 0 Å². The number of carbonyl (C=O) groups excluding carboxylic acids is 1. The number of hydrogen-bond acceptors (Lipinski definition) is 4. The van der Waals surface area contributed by atoms with E-state index in [4.69, 9.17) is 9.47 Å². The molecule has 0 aromatic carbocycles. The van der Waals surface area contributed by atoms with Crippen LogP contribution in [0.15, 0.2) is 18.3 Å². The molecule has 1 aromatic rings. The first kappa shape index (κ1) is 16.2. The minimum atomic E-state index is -4.92. The number of ether oxygens (including phenoxy) is 2. The van der Waals surface area contributed by atoms with Crippen LogP contribution in [0.2, 0.25) is 0 Å². The number of pyridine rings is 1. The second kappa shape index (κ2) is 6.09. The average Bonchev–Trinajstić information content (AvgIpc) is 2.96. The molecule has 3 rings (SSSR count). The predicted octanol–water partition coefficient (Wildman–Crippen LogP) is 2.98. The fraction of sp³-hybridized carbons (Fsp3) is 0.600. The molecule has 2 heterocycles. The number of rotatable bonds is 2. The average molecular weight is 330 g/mol. The lowest BCUT2D eigenvalue weighted by Crippen LogP contribution is -2.35. The van der Waals surface area contributed by atoms with Gasteiger partial charge in [-0.05, 0) is 25.0 Å². The topological polar surface area (TPSA) is 60.5 Å². The largest absolute Gasteiger partial charge is 0.471 e. The van der Waals surface area contributed by atoms with Gasteiger partial charge in [0, 0.05) is 25.0 Å². The Morgan fingerprint density at radius 2 is 1.91 bits per heavy atom. The molecule has 0 unspecified atom stereocenters. The molecule has 5 nitrogen and oxygen atoms in total. The monoisotopic (exact) mass is 330 g/mol. The van der Waals surface area contributed by atoms with Gasteiger partial charge in [0.2, 0.25) is 0 Å². The molecule has 1 aliphatic heterocycles. The molecule has 1 N–H and O–H groups in total. The molecule has 2 fully saturated rings. The second-order valence-electron chi connectivity index (χ2n) is 5.77. The van der Waals surface area contributed by atoms with Crippen molar-refractivity contribution in [2.45, 2.75) is 43.6 Å². The molecule has 2 aliphatic rings. The summed E-state index contributed by atoms with van der Waals surface area (Å²) < 4.78 is 48.6. The Hall–Kier alpha value is -1.67. The Morgan fingerprint density at radius 3 is 2.52 bits per heavy atom. The first-order chi connectivity index (χ1) is 10.9. The molecule has 1 aliphatic carbocycles. The highest BCUT2D eigenvalue weighted by atomic mass is 19.4. The number of amides is 1. The fourth-order valence-corrected chi connectivity index (χ4v) is 3.16. The lowest BCUT2D eigenvalue weighted by molar-refractivity contribution is -0.178. The SMILES string of the molecule is O=C(Nc1cccnc1C1CCC2(CC1)OCCO2)C(F)(F)F. The Bertz CT molecular complexity index is 576. The number of anilines is 1. The smallest absolute Gasteiger partial charge is 0.348 e. The van der Waals surface area contributed by atoms with E-state index in [1.54, 1.807) is 0 Å². The van der Waals surface area contributed by atoms with Crippen LogP contribution in [0, 0.1) is 0 Å². The van der Waals surface area contributed by atoms with Gasteiger partial charge in [0.15, 0.2) is 5.79 Å². The summed E-state index contributed by atoms with van der Waals surface area (Å²) in [5.41, 5.74) is 0.599. The molecular formula is C15H17F3N2O3. The number of aromatic nitrogens is 1. The molecule has 23 heavy (non-hydrogen) atoms. The highest BCUT2D eigenvalue weighted by molar-refractivity contribution is 5.95. The number of hydrogen-bond donors (Lipinski definition) is 1. The highest BCUT2D eigenvalue weighted by Gasteiger charge is 2.42. The van der Waals surface area contributed by atoms with E-state index in [1.807, 2.05) is 5.32 Å². The molecule has 126 valence electrons. The van der Waals surface area contributed by atoms with Gasteiger partial charge in [-0.1, -0.05) is 0 Å². The maximum Gasteiger partial charge on any atom is 0.471 e. The van der Waals surface area contributed by atoms with E-state index in [0.29, 0.717) is 44.6 Å². The van der Waals surface area contributed by atoms with E-state index in [2.05, 4.69) is 4.98 Å². The second-order valence-corrected chi connectivity index (χ2v) is 5.77. The third kappa shape index (κ3) is 3.48. The Kier molecular flexibility index (Phi) is 4.29. The summed E-state index contributed by atoms with van der Waals surface area (Å²) in [5.74, 6) is -2.56. The summed E-state index contributed by atoms with van der Waals surface area (Å²) in [6.07, 6.45) is -0.694. The van der Waals surface area contributed by atoms with Gasteiger partial charge in [0.25, 0.3) is 0 Å². The first-order valence-corrected chi connectivity index (χ1v) is 7.51. The number of nitrogens with zero attached hydrogens (tertiary/aromatic N) is 1. The summed E-state index contributed by atoms with van der Waals surface area (Å²) in [6, 6.07) is 2.95. The molecule has 0 atom stereocenters. The molecule has 1 amide bonds. The van der Waals surface area contributed by atoms with Crippen molar-refractivity contribution in [3.8, 4) is 0 Å². The summed E-state index contributed by atoms with van der Waals surface area (Å²) in [6.45, 7) is 1.14. The van der Waals surface area contributed by atoms with E-state index < -0.39 is 17.9 Å². The van der Waals surface area contributed by atoms with Gasteiger partial charge in [-0.3, -0.25) is 9.78 Å². The standard InChI is InChI=1S/C15H17F3N2O3/c16-15(17,18)13(21)20-11-2-1-7-19-12(11)10-3-5-14(6-4-10)22-8-9-23-14/h1-2,7,10H,3-6,8-9H2,(H,20,21). The lowest BCUT2D eigenvalue weighted by atomic mass is 9.82. The first-order valence-electron chi connectivity index (χ1n) is 7.51. The van der Waals surface area contributed by atoms with E-state index >= 15 is 0 Å². The number of alkyl halides is 3. The normalized spacial score (nSPS) is 21.5. The van der Waals surface area contributed by atoms with Crippen LogP contribution in [-0.4, -0.2) is 36.1 Å². The van der Waals surface area contributed by atoms with Gasteiger partial charge in [-0.2, -0.15) is 13.2 Å². The molecule has 8 heteroatoms. The van der Waals surface area contributed by atoms with Gasteiger partial charge in [0.1, 0.15) is 0 Å². The minimum Gasteiger partial charge on any atom is -0.348 e. The summed E-state index contributed by atoms with van der Waals surface area (Å²) >= 11 is 0. The molecule has 1 saturated carbocycles. The highest BCUT2D eigenvalue weighted by Crippen LogP contribution is 2.43. The molecule has 1 spiro atoms. The van der Waals surface area contributed by atoms with Crippen LogP contribution in [0.1, 0.15) is 37.3 Å². The van der Waals surface area contributed by atoms with Crippen LogP contribution in [-0.2, 0) is 14.3 Å². The third-order valence-corrected chi connectivity index (χ3v) is 4.29. The van der Waals surface area contributed by atoms with Gasteiger partial charge in [-0.25, -0.2) is 0 Å². The summed E-state index contributed by atoms with van der Waals surface area (Å²) in [4.78, 5) is 15.4. The zero-order chi connectivity index (χ0) is 16.5. The minimum absolute atomic E-state index is 0.0295. The Labute approximate surface area is 131 Å². The van der Waals surface area contributed by atoms with Crippen LogP contribution in [0.4, 0.5) is 18.9 Å². The molecule has 0 bridgehead atoms. The van der Waals surface area contributed by atoms with Crippen molar-refractivity contribution in [1.82, 2.24) is 4.98 Å². The Morgan fingerprint density at radius 1 is 1.26 bits per heavy atom. The van der Waals surface area contributed by atoms with E-state index in [0.717, 1.165) is 0 Å². The van der Waals surface area contributed by atoms with Crippen LogP contribution in [0.25, 0.3) is 0 Å². The van der Waals surface area contributed by atoms with Crippen LogP contribution in [0.5, 0.6) is 0 Å². The molecule has 0 radical (unpaired) electrons. The number of carbonyl (C=O) groups is 1. The zero-order valence-electron chi connectivity index (χ0n) is 12.4. The third-order valence-electron chi connectivity index (χ3n) is 4.29. The van der Waals surface area contributed by atoms with Gasteiger partial charge in [-0.15, -0.1) is 0 Å². The molecular weight excluding hydrogens is 313 g/mol. The van der Waals surface area contributed by atoms with Crippen LogP contribution >= 0.6 is 0 Å². The van der Waals surface area contributed by atoms with Crippen molar-refractivity contribution in [2.75, 3.05) is 18.5 Å². The van der Waals surface area contributed by atoms with Crippen molar-refractivity contribution >= 4 is 11.6 Å². The van der Waals surface area contributed by atoms with E-state index in [-0.39, 0.29) is 11.6 Å². The predicted molar refractivity (Wildman–Crippen MR) is 74.8 cm³/mol. The van der Waals surface area contributed by atoms with Crippen LogP contribution in [0.3, 0.4) is 0 Å². The zero-order valence-corrected chi connectivity index (χ0v) is 12.4. The summed E-state index contributed by atoms with van der Waals surface area (Å²) in [5, 5.41) is 1.92. The van der Waals surface area contributed by atoms with Gasteiger partial charge in [0.05, 0.1) is 24.6 Å². The maximum atomic E-state index is 12.4. The maximum absolute atomic E-state index is 12.4. The van der Waals surface area contributed by atoms with Gasteiger partial charge >= 0.3 is 12.1 Å². The summed E-state index contributed by atoms with van der Waals surface area (Å²) in [7, 11) is 0. The van der Waals surface area contributed by atoms with Crippen molar-refractivity contribution in [3.63, 3.8) is 0 Å².